The minimum absolute atomic E-state index is 0. The first-order valence-corrected chi connectivity index (χ1v) is 8.67. The predicted molar refractivity (Wildman–Crippen MR) is 107 cm³/mol. The number of ether oxygens (including phenoxy) is 2. The fourth-order valence-corrected chi connectivity index (χ4v) is 2.24. The molecule has 142 valence electrons. The number of amides is 1. The molecule has 2 N–H and O–H groups in total. The molecule has 0 atom stereocenters. The zero-order chi connectivity index (χ0) is 17.9. The number of benzene rings is 2. The van der Waals surface area contributed by atoms with Gasteiger partial charge < -0.3 is 20.1 Å². The van der Waals surface area contributed by atoms with E-state index in [0.717, 1.165) is 30.0 Å². The van der Waals surface area contributed by atoms with Gasteiger partial charge in [-0.25, -0.2) is 0 Å². The van der Waals surface area contributed by atoms with E-state index in [1.807, 2.05) is 43.3 Å². The normalized spacial score (nSPS) is 9.92. The van der Waals surface area contributed by atoms with Gasteiger partial charge in [0.1, 0.15) is 11.5 Å². The fourth-order valence-electron chi connectivity index (χ4n) is 2.24. The van der Waals surface area contributed by atoms with Gasteiger partial charge in [0.05, 0.1) is 6.61 Å². The SMILES string of the molecule is CCCOc1ccc(OCC(=O)Nc2ccccc2CNCC)cc1.Cl. The molecule has 0 unspecified atom stereocenters. The van der Waals surface area contributed by atoms with Gasteiger partial charge in [0, 0.05) is 12.2 Å². The Kier molecular flexibility index (Phi) is 10.2. The highest BCUT2D eigenvalue weighted by atomic mass is 35.5. The lowest BCUT2D eigenvalue weighted by molar-refractivity contribution is -0.118. The van der Waals surface area contributed by atoms with E-state index in [2.05, 4.69) is 17.6 Å². The topological polar surface area (TPSA) is 59.6 Å². The second-order valence-corrected chi connectivity index (χ2v) is 5.59. The third-order valence-electron chi connectivity index (χ3n) is 3.52. The monoisotopic (exact) mass is 378 g/mol. The Hall–Kier alpha value is -2.24. The van der Waals surface area contributed by atoms with Crippen molar-refractivity contribution in [3.63, 3.8) is 0 Å². The summed E-state index contributed by atoms with van der Waals surface area (Å²) >= 11 is 0. The van der Waals surface area contributed by atoms with Gasteiger partial charge in [-0.05, 0) is 48.9 Å². The van der Waals surface area contributed by atoms with Crippen molar-refractivity contribution in [2.24, 2.45) is 0 Å². The number of para-hydroxylation sites is 1. The summed E-state index contributed by atoms with van der Waals surface area (Å²) in [6, 6.07) is 15.0. The van der Waals surface area contributed by atoms with Gasteiger partial charge in [0.25, 0.3) is 5.91 Å². The molecule has 0 bridgehead atoms. The van der Waals surface area contributed by atoms with Crippen LogP contribution in [0.4, 0.5) is 5.69 Å². The number of rotatable bonds is 10. The highest BCUT2D eigenvalue weighted by Crippen LogP contribution is 2.18. The molecule has 0 fully saturated rings. The summed E-state index contributed by atoms with van der Waals surface area (Å²) in [6.45, 7) is 6.36. The average molecular weight is 379 g/mol. The van der Waals surface area contributed by atoms with Gasteiger partial charge in [-0.15, -0.1) is 12.4 Å². The molecule has 5 nitrogen and oxygen atoms in total. The molecule has 0 saturated carbocycles. The number of anilines is 1. The van der Waals surface area contributed by atoms with Gasteiger partial charge in [0.2, 0.25) is 0 Å². The Morgan fingerprint density at radius 1 is 0.962 bits per heavy atom. The maximum Gasteiger partial charge on any atom is 0.262 e. The molecule has 0 aliphatic heterocycles. The van der Waals surface area contributed by atoms with E-state index in [0.29, 0.717) is 18.9 Å². The molecule has 0 radical (unpaired) electrons. The molecule has 6 heteroatoms. The smallest absolute Gasteiger partial charge is 0.262 e. The third kappa shape index (κ3) is 7.33. The van der Waals surface area contributed by atoms with Crippen molar-refractivity contribution in [3.8, 4) is 11.5 Å². The molecular formula is C20H27ClN2O3. The Bertz CT molecular complexity index is 662. The summed E-state index contributed by atoms with van der Waals surface area (Å²) in [4.78, 5) is 12.1. The minimum Gasteiger partial charge on any atom is -0.494 e. The average Bonchev–Trinajstić information content (AvgIpc) is 2.65. The zero-order valence-electron chi connectivity index (χ0n) is 15.3. The Labute approximate surface area is 161 Å². The van der Waals surface area contributed by atoms with E-state index in [1.165, 1.54) is 0 Å². The van der Waals surface area contributed by atoms with Crippen LogP contribution in [-0.2, 0) is 11.3 Å². The van der Waals surface area contributed by atoms with Crippen molar-refractivity contribution in [1.82, 2.24) is 5.32 Å². The van der Waals surface area contributed by atoms with E-state index in [4.69, 9.17) is 9.47 Å². The first kappa shape index (κ1) is 21.8. The van der Waals surface area contributed by atoms with Crippen LogP contribution in [0.15, 0.2) is 48.5 Å². The van der Waals surface area contributed by atoms with Gasteiger partial charge >= 0.3 is 0 Å². The van der Waals surface area contributed by atoms with Crippen molar-refractivity contribution in [3.05, 3.63) is 54.1 Å². The van der Waals surface area contributed by atoms with E-state index in [-0.39, 0.29) is 24.9 Å². The van der Waals surface area contributed by atoms with Gasteiger partial charge in [0.15, 0.2) is 6.61 Å². The van der Waals surface area contributed by atoms with Gasteiger partial charge in [-0.3, -0.25) is 4.79 Å². The second-order valence-electron chi connectivity index (χ2n) is 5.59. The largest absolute Gasteiger partial charge is 0.494 e. The van der Waals surface area contributed by atoms with Crippen LogP contribution < -0.4 is 20.1 Å². The van der Waals surface area contributed by atoms with Crippen LogP contribution in [-0.4, -0.2) is 25.7 Å². The van der Waals surface area contributed by atoms with Crippen LogP contribution in [0, 0.1) is 0 Å². The minimum atomic E-state index is -0.185. The number of halogens is 1. The van der Waals surface area contributed by atoms with E-state index >= 15 is 0 Å². The van der Waals surface area contributed by atoms with Crippen LogP contribution in [0.3, 0.4) is 0 Å². The maximum atomic E-state index is 12.1. The lowest BCUT2D eigenvalue weighted by Crippen LogP contribution is -2.22. The molecule has 0 aromatic heterocycles. The van der Waals surface area contributed by atoms with Crippen LogP contribution in [0.25, 0.3) is 0 Å². The molecule has 2 rings (SSSR count). The molecule has 1 amide bonds. The molecule has 0 saturated heterocycles. The van der Waals surface area contributed by atoms with Crippen molar-refractivity contribution >= 4 is 24.0 Å². The summed E-state index contributed by atoms with van der Waals surface area (Å²) in [7, 11) is 0. The summed E-state index contributed by atoms with van der Waals surface area (Å²) in [5.41, 5.74) is 1.86. The summed E-state index contributed by atoms with van der Waals surface area (Å²) < 4.78 is 11.1. The van der Waals surface area contributed by atoms with Crippen LogP contribution >= 0.6 is 12.4 Å². The Balaban J connectivity index is 0.00000338. The standard InChI is InChI=1S/C20H26N2O3.ClH/c1-3-13-24-17-9-11-18(12-10-17)25-15-20(23)22-19-8-6-5-7-16(19)14-21-4-2;/h5-12,21H,3-4,13-15H2,1-2H3,(H,22,23);1H. The quantitative estimate of drug-likeness (QED) is 0.655. The molecule has 0 spiro atoms. The van der Waals surface area contributed by atoms with E-state index in [9.17, 15) is 4.79 Å². The first-order chi connectivity index (χ1) is 12.2. The molecule has 26 heavy (non-hydrogen) atoms. The molecule has 0 heterocycles. The summed E-state index contributed by atoms with van der Waals surface area (Å²) in [5.74, 6) is 1.26. The molecule has 0 aliphatic rings. The van der Waals surface area contributed by atoms with Crippen molar-refractivity contribution in [1.29, 1.82) is 0 Å². The Morgan fingerprint density at radius 3 is 2.27 bits per heavy atom. The number of nitrogens with one attached hydrogen (secondary N) is 2. The number of carbonyl (C=O) groups is 1. The number of carbonyl (C=O) groups excluding carboxylic acids is 1. The Morgan fingerprint density at radius 2 is 1.62 bits per heavy atom. The molecule has 2 aromatic carbocycles. The highest BCUT2D eigenvalue weighted by Gasteiger charge is 2.07. The predicted octanol–water partition coefficient (Wildman–Crippen LogP) is 4.02. The zero-order valence-corrected chi connectivity index (χ0v) is 16.1. The van der Waals surface area contributed by atoms with Crippen molar-refractivity contribution < 1.29 is 14.3 Å². The first-order valence-electron chi connectivity index (χ1n) is 8.67. The van der Waals surface area contributed by atoms with Crippen molar-refractivity contribution in [2.75, 3.05) is 25.1 Å². The summed E-state index contributed by atoms with van der Waals surface area (Å²) in [6.07, 6.45) is 0.966. The van der Waals surface area contributed by atoms with E-state index < -0.39 is 0 Å². The maximum absolute atomic E-state index is 12.1. The molecule has 2 aromatic rings. The van der Waals surface area contributed by atoms with Crippen LogP contribution in [0.2, 0.25) is 0 Å². The second kappa shape index (κ2) is 12.2. The van der Waals surface area contributed by atoms with Crippen molar-refractivity contribution in [2.45, 2.75) is 26.8 Å². The highest BCUT2D eigenvalue weighted by molar-refractivity contribution is 5.92. The third-order valence-corrected chi connectivity index (χ3v) is 3.52. The van der Waals surface area contributed by atoms with Crippen LogP contribution in [0.5, 0.6) is 11.5 Å². The number of hydrogen-bond acceptors (Lipinski definition) is 4. The van der Waals surface area contributed by atoms with Gasteiger partial charge in [-0.1, -0.05) is 32.0 Å². The lowest BCUT2D eigenvalue weighted by Gasteiger charge is -2.12. The van der Waals surface area contributed by atoms with E-state index in [1.54, 1.807) is 12.1 Å². The number of hydrogen-bond donors (Lipinski definition) is 2. The van der Waals surface area contributed by atoms with Crippen LogP contribution in [0.1, 0.15) is 25.8 Å². The summed E-state index contributed by atoms with van der Waals surface area (Å²) in [5, 5.41) is 6.16. The van der Waals surface area contributed by atoms with Gasteiger partial charge in [-0.2, -0.15) is 0 Å². The lowest BCUT2D eigenvalue weighted by atomic mass is 10.1. The molecular weight excluding hydrogens is 352 g/mol. The fraction of sp³-hybridized carbons (Fsp3) is 0.350. The molecule has 0 aliphatic carbocycles.